The molecule has 0 N–H and O–H groups in total. The van der Waals surface area contributed by atoms with E-state index in [0.29, 0.717) is 6.42 Å². The molecule has 1 nitrogen and oxygen atoms in total. The van der Waals surface area contributed by atoms with Crippen LogP contribution >= 0.6 is 0 Å². The highest BCUT2D eigenvalue weighted by Crippen LogP contribution is 1.96. The summed E-state index contributed by atoms with van der Waals surface area (Å²) in [5.74, 6) is 0. The summed E-state index contributed by atoms with van der Waals surface area (Å²) in [4.78, 5) is 9.97. The van der Waals surface area contributed by atoms with Crippen LogP contribution in [0.2, 0.25) is 0 Å². The Hall–Kier alpha value is -1.11. The molecule has 0 spiro atoms. The summed E-state index contributed by atoms with van der Waals surface area (Å²) in [6.07, 6.45) is 1.44. The van der Waals surface area contributed by atoms with Gasteiger partial charge in [0.1, 0.15) is 6.29 Å². The quantitative estimate of drug-likeness (QED) is 0.656. The van der Waals surface area contributed by atoms with E-state index in [9.17, 15) is 4.79 Å². The SMILES string of the molecule is CC.CC.CC.O=CCc1ccccc1. The summed E-state index contributed by atoms with van der Waals surface area (Å²) in [6, 6.07) is 9.68. The molecule has 0 heterocycles. The Morgan fingerprint density at radius 2 is 1.27 bits per heavy atom. The van der Waals surface area contributed by atoms with Gasteiger partial charge in [-0.15, -0.1) is 0 Å². The van der Waals surface area contributed by atoms with Crippen molar-refractivity contribution in [2.75, 3.05) is 0 Å². The maximum Gasteiger partial charge on any atom is 0.124 e. The molecule has 0 fully saturated rings. The first-order valence-electron chi connectivity index (χ1n) is 5.91. The Balaban J connectivity index is -0.000000208. The third-order valence-corrected chi connectivity index (χ3v) is 1.16. The van der Waals surface area contributed by atoms with Gasteiger partial charge in [-0.05, 0) is 5.56 Å². The number of hydrogen-bond acceptors (Lipinski definition) is 1. The fourth-order valence-corrected chi connectivity index (χ4v) is 0.710. The molecule has 0 unspecified atom stereocenters. The van der Waals surface area contributed by atoms with E-state index >= 15 is 0 Å². The molecule has 0 radical (unpaired) electrons. The summed E-state index contributed by atoms with van der Waals surface area (Å²) in [5, 5.41) is 0. The van der Waals surface area contributed by atoms with Crippen LogP contribution in [0.3, 0.4) is 0 Å². The second-order valence-electron chi connectivity index (χ2n) is 1.86. The smallest absolute Gasteiger partial charge is 0.124 e. The van der Waals surface area contributed by atoms with Crippen LogP contribution in [-0.2, 0) is 11.2 Å². The van der Waals surface area contributed by atoms with Gasteiger partial charge >= 0.3 is 0 Å². The zero-order valence-electron chi connectivity index (χ0n) is 11.1. The first kappa shape index (κ1) is 19.5. The first-order valence-corrected chi connectivity index (χ1v) is 5.91. The Labute approximate surface area is 95.5 Å². The second kappa shape index (κ2) is 23.1. The van der Waals surface area contributed by atoms with E-state index in [4.69, 9.17) is 0 Å². The minimum atomic E-state index is 0.529. The standard InChI is InChI=1S/C8H8O.3C2H6/c9-7-6-8-4-2-1-3-5-8;3*1-2/h1-5,7H,6H2;3*1-2H3. The second-order valence-corrected chi connectivity index (χ2v) is 1.86. The predicted octanol–water partition coefficient (Wildman–Crippen LogP) is 4.51. The molecule has 0 aliphatic rings. The van der Waals surface area contributed by atoms with Crippen molar-refractivity contribution in [2.24, 2.45) is 0 Å². The summed E-state index contributed by atoms with van der Waals surface area (Å²) >= 11 is 0. The zero-order chi connectivity index (χ0) is 12.5. The fraction of sp³-hybridized carbons (Fsp3) is 0.500. The minimum Gasteiger partial charge on any atom is -0.303 e. The molecule has 0 aliphatic heterocycles. The van der Waals surface area contributed by atoms with Crippen molar-refractivity contribution in [3.8, 4) is 0 Å². The largest absolute Gasteiger partial charge is 0.303 e. The van der Waals surface area contributed by atoms with Gasteiger partial charge < -0.3 is 4.79 Å². The van der Waals surface area contributed by atoms with Crippen molar-refractivity contribution in [1.82, 2.24) is 0 Å². The molecule has 88 valence electrons. The summed E-state index contributed by atoms with van der Waals surface area (Å²) in [5.41, 5.74) is 1.08. The van der Waals surface area contributed by atoms with E-state index in [1.54, 1.807) is 0 Å². The van der Waals surface area contributed by atoms with Crippen LogP contribution in [0.4, 0.5) is 0 Å². The molecule has 0 saturated carbocycles. The van der Waals surface area contributed by atoms with Crippen LogP contribution in [0.25, 0.3) is 0 Å². The van der Waals surface area contributed by atoms with Crippen molar-refractivity contribution in [3.63, 3.8) is 0 Å². The Morgan fingerprint density at radius 1 is 0.867 bits per heavy atom. The Bertz CT molecular complexity index is 180. The van der Waals surface area contributed by atoms with Crippen LogP contribution in [0.15, 0.2) is 30.3 Å². The van der Waals surface area contributed by atoms with Crippen molar-refractivity contribution < 1.29 is 4.79 Å². The van der Waals surface area contributed by atoms with E-state index in [2.05, 4.69) is 0 Å². The molecule has 0 aliphatic carbocycles. The number of carbonyl (C=O) groups is 1. The van der Waals surface area contributed by atoms with Crippen LogP contribution < -0.4 is 0 Å². The lowest BCUT2D eigenvalue weighted by molar-refractivity contribution is -0.107. The average Bonchev–Trinajstić information content (AvgIpc) is 2.38. The molecule has 0 bridgehead atoms. The van der Waals surface area contributed by atoms with Crippen LogP contribution in [0, 0.1) is 0 Å². The molecule has 0 aromatic heterocycles. The molecule has 1 aromatic carbocycles. The number of rotatable bonds is 2. The van der Waals surface area contributed by atoms with Crippen molar-refractivity contribution in [3.05, 3.63) is 35.9 Å². The van der Waals surface area contributed by atoms with Gasteiger partial charge in [0.15, 0.2) is 0 Å². The van der Waals surface area contributed by atoms with Crippen LogP contribution in [0.5, 0.6) is 0 Å². The van der Waals surface area contributed by atoms with Crippen molar-refractivity contribution in [2.45, 2.75) is 48.0 Å². The molecule has 0 amide bonds. The molecule has 1 aromatic rings. The minimum absolute atomic E-state index is 0.529. The van der Waals surface area contributed by atoms with Gasteiger partial charge in [-0.2, -0.15) is 0 Å². The first-order chi connectivity index (χ1) is 7.43. The molecule has 15 heavy (non-hydrogen) atoms. The monoisotopic (exact) mass is 210 g/mol. The Kier molecular flexibility index (Phi) is 29.9. The van der Waals surface area contributed by atoms with Crippen molar-refractivity contribution in [1.29, 1.82) is 0 Å². The third kappa shape index (κ3) is 15.6. The van der Waals surface area contributed by atoms with Gasteiger partial charge in [0.05, 0.1) is 0 Å². The average molecular weight is 210 g/mol. The Morgan fingerprint density at radius 3 is 1.60 bits per heavy atom. The third-order valence-electron chi connectivity index (χ3n) is 1.16. The van der Waals surface area contributed by atoms with E-state index in [1.165, 1.54) is 0 Å². The van der Waals surface area contributed by atoms with Gasteiger partial charge in [0, 0.05) is 6.42 Å². The summed E-state index contributed by atoms with van der Waals surface area (Å²) in [6.45, 7) is 12.0. The maximum atomic E-state index is 9.97. The van der Waals surface area contributed by atoms with E-state index in [-0.39, 0.29) is 0 Å². The number of hydrogen-bond donors (Lipinski definition) is 0. The van der Waals surface area contributed by atoms with E-state index < -0.39 is 0 Å². The molecule has 1 heteroatoms. The van der Waals surface area contributed by atoms with Gasteiger partial charge in [-0.25, -0.2) is 0 Å². The molecular formula is C14H26O. The molecular weight excluding hydrogens is 184 g/mol. The lowest BCUT2D eigenvalue weighted by Crippen LogP contribution is -1.82. The van der Waals surface area contributed by atoms with Crippen molar-refractivity contribution >= 4 is 6.29 Å². The van der Waals surface area contributed by atoms with Gasteiger partial charge in [-0.1, -0.05) is 71.9 Å². The number of carbonyl (C=O) groups excluding carboxylic acids is 1. The fourth-order valence-electron chi connectivity index (χ4n) is 0.710. The highest BCUT2D eigenvalue weighted by Gasteiger charge is 1.84. The topological polar surface area (TPSA) is 17.1 Å². The van der Waals surface area contributed by atoms with Gasteiger partial charge in [0.2, 0.25) is 0 Å². The lowest BCUT2D eigenvalue weighted by Gasteiger charge is -1.89. The van der Waals surface area contributed by atoms with Crippen LogP contribution in [0.1, 0.15) is 47.1 Å². The molecule has 1 rings (SSSR count). The lowest BCUT2D eigenvalue weighted by atomic mass is 10.2. The summed E-state index contributed by atoms with van der Waals surface area (Å²) in [7, 11) is 0. The number of benzene rings is 1. The molecule has 0 atom stereocenters. The maximum absolute atomic E-state index is 9.97. The van der Waals surface area contributed by atoms with E-state index in [0.717, 1.165) is 11.8 Å². The highest BCUT2D eigenvalue weighted by molar-refractivity contribution is 5.54. The predicted molar refractivity (Wildman–Crippen MR) is 70.3 cm³/mol. The number of aldehydes is 1. The van der Waals surface area contributed by atoms with E-state index in [1.807, 2.05) is 71.9 Å². The molecule has 0 saturated heterocycles. The normalized spacial score (nSPS) is 6.53. The zero-order valence-corrected chi connectivity index (χ0v) is 11.1. The van der Waals surface area contributed by atoms with Gasteiger partial charge in [-0.3, -0.25) is 0 Å². The van der Waals surface area contributed by atoms with Gasteiger partial charge in [0.25, 0.3) is 0 Å². The van der Waals surface area contributed by atoms with Crippen LogP contribution in [-0.4, -0.2) is 6.29 Å². The summed E-state index contributed by atoms with van der Waals surface area (Å²) < 4.78 is 0. The highest BCUT2D eigenvalue weighted by atomic mass is 16.1.